The van der Waals surface area contributed by atoms with Crippen molar-refractivity contribution in [3.8, 4) is 6.07 Å². The molecule has 1 unspecified atom stereocenters. The Kier molecular flexibility index (Phi) is 8.09. The van der Waals surface area contributed by atoms with E-state index in [1.807, 2.05) is 22.8 Å². The highest BCUT2D eigenvalue weighted by Crippen LogP contribution is 2.31. The molecule has 0 bridgehead atoms. The first-order valence-corrected chi connectivity index (χ1v) is 11.4. The number of hydrogen-bond donors (Lipinski definition) is 0. The maximum absolute atomic E-state index is 14.5. The number of carbonyl (C=O) groups excluding carboxylic acids is 1. The third-order valence-electron chi connectivity index (χ3n) is 6.17. The molecule has 0 spiro atoms. The molecular weight excluding hydrogens is 432 g/mol. The van der Waals surface area contributed by atoms with Crippen LogP contribution in [0.4, 0.5) is 14.5 Å². The Morgan fingerprint density at radius 1 is 1.31 bits per heavy atom. The summed E-state index contributed by atoms with van der Waals surface area (Å²) in [4.78, 5) is 16.8. The van der Waals surface area contributed by atoms with Gasteiger partial charge in [0.15, 0.2) is 11.6 Å². The number of likely N-dealkylation sites (tertiary alicyclic amines) is 1. The van der Waals surface area contributed by atoms with Gasteiger partial charge in [-0.2, -0.15) is 5.26 Å². The number of halogens is 3. The molecule has 2 atom stereocenters. The largest absolute Gasteiger partial charge is 0.362 e. The Balaban J connectivity index is 1.89. The fraction of sp³-hybridized carbons (Fsp3) is 0.440. The summed E-state index contributed by atoms with van der Waals surface area (Å²) in [6, 6.07) is 11.2. The summed E-state index contributed by atoms with van der Waals surface area (Å²) in [5.74, 6) is -1.60. The van der Waals surface area contributed by atoms with Crippen molar-refractivity contribution in [1.29, 1.82) is 5.26 Å². The normalized spacial score (nSPS) is 16.6. The number of carbonyl (C=O) groups is 1. The van der Waals surface area contributed by atoms with Crippen molar-refractivity contribution < 1.29 is 13.6 Å². The second-order valence-corrected chi connectivity index (χ2v) is 8.64. The molecule has 0 aliphatic carbocycles. The topological polar surface area (TPSA) is 47.3 Å². The van der Waals surface area contributed by atoms with Crippen LogP contribution in [0.25, 0.3) is 0 Å². The zero-order valence-electron chi connectivity index (χ0n) is 18.5. The lowest BCUT2D eigenvalue weighted by Crippen LogP contribution is -2.40. The van der Waals surface area contributed by atoms with E-state index in [2.05, 4.69) is 6.92 Å². The average Bonchev–Trinajstić information content (AvgIpc) is 3.28. The van der Waals surface area contributed by atoms with Crippen LogP contribution in [0.15, 0.2) is 36.4 Å². The predicted molar refractivity (Wildman–Crippen MR) is 122 cm³/mol. The SMILES string of the molecule is CCCC(CC)C(=O)N1CC[C@H](N(Cc2cccc(F)c2F)c2ccc(C#N)c(Cl)c2)C1. The van der Waals surface area contributed by atoms with E-state index < -0.39 is 11.6 Å². The summed E-state index contributed by atoms with van der Waals surface area (Å²) in [7, 11) is 0. The number of benzene rings is 2. The van der Waals surface area contributed by atoms with Crippen LogP contribution in [0.3, 0.4) is 0 Å². The van der Waals surface area contributed by atoms with Crippen molar-refractivity contribution in [3.63, 3.8) is 0 Å². The molecule has 7 heteroatoms. The van der Waals surface area contributed by atoms with Gasteiger partial charge in [0, 0.05) is 42.8 Å². The van der Waals surface area contributed by atoms with E-state index >= 15 is 0 Å². The Hall–Kier alpha value is -2.65. The summed E-state index contributed by atoms with van der Waals surface area (Å²) >= 11 is 6.27. The Bertz CT molecular complexity index is 1010. The van der Waals surface area contributed by atoms with Crippen molar-refractivity contribution in [2.45, 2.75) is 52.1 Å². The molecule has 1 amide bonds. The van der Waals surface area contributed by atoms with Crippen LogP contribution in [0, 0.1) is 28.9 Å². The Morgan fingerprint density at radius 3 is 2.75 bits per heavy atom. The molecule has 0 aromatic heterocycles. The number of rotatable bonds is 8. The molecule has 32 heavy (non-hydrogen) atoms. The quantitative estimate of drug-likeness (QED) is 0.492. The zero-order valence-corrected chi connectivity index (χ0v) is 19.2. The molecule has 4 nitrogen and oxygen atoms in total. The molecule has 1 aliphatic heterocycles. The summed E-state index contributed by atoms with van der Waals surface area (Å²) in [5.41, 5.74) is 1.28. The minimum Gasteiger partial charge on any atom is -0.362 e. The lowest BCUT2D eigenvalue weighted by atomic mass is 9.99. The molecule has 2 aromatic carbocycles. The van der Waals surface area contributed by atoms with Crippen LogP contribution in [0.2, 0.25) is 5.02 Å². The van der Waals surface area contributed by atoms with Crippen LogP contribution in [0.1, 0.15) is 50.7 Å². The minimum atomic E-state index is -0.895. The van der Waals surface area contributed by atoms with E-state index in [9.17, 15) is 18.8 Å². The van der Waals surface area contributed by atoms with Crippen LogP contribution < -0.4 is 4.90 Å². The molecule has 1 fully saturated rings. The van der Waals surface area contributed by atoms with Gasteiger partial charge in [-0.25, -0.2) is 8.78 Å². The van der Waals surface area contributed by atoms with Gasteiger partial charge >= 0.3 is 0 Å². The number of amides is 1. The highest BCUT2D eigenvalue weighted by atomic mass is 35.5. The summed E-state index contributed by atoms with van der Waals surface area (Å²) in [6.45, 7) is 5.37. The van der Waals surface area contributed by atoms with Gasteiger partial charge in [0.05, 0.1) is 10.6 Å². The highest BCUT2D eigenvalue weighted by molar-refractivity contribution is 6.32. The van der Waals surface area contributed by atoms with Crippen molar-refractivity contribution >= 4 is 23.2 Å². The van der Waals surface area contributed by atoms with E-state index in [1.54, 1.807) is 24.3 Å². The van der Waals surface area contributed by atoms with E-state index in [0.717, 1.165) is 25.3 Å². The number of anilines is 1. The highest BCUT2D eigenvalue weighted by Gasteiger charge is 2.33. The third-order valence-corrected chi connectivity index (χ3v) is 6.48. The Morgan fingerprint density at radius 2 is 2.09 bits per heavy atom. The third kappa shape index (κ3) is 5.21. The van der Waals surface area contributed by atoms with Crippen LogP contribution in [-0.2, 0) is 11.3 Å². The molecular formula is C25H28ClF2N3O. The van der Waals surface area contributed by atoms with Gasteiger partial charge in [0.1, 0.15) is 6.07 Å². The van der Waals surface area contributed by atoms with Gasteiger partial charge in [0.2, 0.25) is 5.91 Å². The maximum Gasteiger partial charge on any atom is 0.225 e. The number of hydrogen-bond acceptors (Lipinski definition) is 3. The van der Waals surface area contributed by atoms with E-state index in [1.165, 1.54) is 6.07 Å². The predicted octanol–water partition coefficient (Wildman–Crippen LogP) is 5.92. The molecule has 1 saturated heterocycles. The summed E-state index contributed by atoms with van der Waals surface area (Å²) in [6.07, 6.45) is 3.33. The van der Waals surface area contributed by atoms with Gasteiger partial charge < -0.3 is 9.80 Å². The van der Waals surface area contributed by atoms with Gasteiger partial charge in [-0.3, -0.25) is 4.79 Å². The molecule has 1 aliphatic rings. The first-order valence-electron chi connectivity index (χ1n) is 11.1. The van der Waals surface area contributed by atoms with Crippen LogP contribution >= 0.6 is 11.6 Å². The molecule has 0 N–H and O–H groups in total. The fourth-order valence-electron chi connectivity index (χ4n) is 4.36. The van der Waals surface area contributed by atoms with E-state index in [0.29, 0.717) is 35.8 Å². The van der Waals surface area contributed by atoms with Crippen molar-refractivity contribution in [2.24, 2.45) is 5.92 Å². The fourth-order valence-corrected chi connectivity index (χ4v) is 4.58. The molecule has 1 heterocycles. The average molecular weight is 460 g/mol. The van der Waals surface area contributed by atoms with Crippen molar-refractivity contribution in [1.82, 2.24) is 4.90 Å². The first-order chi connectivity index (χ1) is 15.4. The van der Waals surface area contributed by atoms with Gasteiger partial charge in [-0.1, -0.05) is 44.0 Å². The van der Waals surface area contributed by atoms with E-state index in [4.69, 9.17) is 11.6 Å². The molecule has 170 valence electrons. The number of nitriles is 1. The van der Waals surface area contributed by atoms with Crippen molar-refractivity contribution in [3.05, 3.63) is 64.2 Å². The summed E-state index contributed by atoms with van der Waals surface area (Å²) in [5, 5.41) is 9.49. The van der Waals surface area contributed by atoms with Gasteiger partial charge in [-0.05, 0) is 43.5 Å². The lowest BCUT2D eigenvalue weighted by molar-refractivity contribution is -0.134. The lowest BCUT2D eigenvalue weighted by Gasteiger charge is -2.32. The molecule has 0 radical (unpaired) electrons. The second kappa shape index (κ2) is 10.8. The molecule has 0 saturated carbocycles. The monoisotopic (exact) mass is 459 g/mol. The minimum absolute atomic E-state index is 0.0113. The summed E-state index contributed by atoms with van der Waals surface area (Å²) < 4.78 is 28.3. The maximum atomic E-state index is 14.5. The first kappa shape index (κ1) is 24.0. The molecule has 2 aromatic rings. The zero-order chi connectivity index (χ0) is 23.3. The Labute approximate surface area is 193 Å². The smallest absolute Gasteiger partial charge is 0.225 e. The van der Waals surface area contributed by atoms with Gasteiger partial charge in [-0.15, -0.1) is 0 Å². The van der Waals surface area contributed by atoms with Crippen molar-refractivity contribution in [2.75, 3.05) is 18.0 Å². The second-order valence-electron chi connectivity index (χ2n) is 8.24. The van der Waals surface area contributed by atoms with Gasteiger partial charge in [0.25, 0.3) is 0 Å². The van der Waals surface area contributed by atoms with E-state index in [-0.39, 0.29) is 30.0 Å². The standard InChI is InChI=1S/C25H28ClF2N3O/c1-3-6-17(4-2)25(32)30-12-11-21(16-30)31(15-19-7-5-8-23(27)24(19)28)20-10-9-18(14-29)22(26)13-20/h5,7-10,13,17,21H,3-4,6,11-12,15-16H2,1-2H3/t17?,21-/m0/s1. The molecule has 3 rings (SSSR count). The van der Waals surface area contributed by atoms with Crippen LogP contribution in [0.5, 0.6) is 0 Å². The number of nitrogens with zero attached hydrogens (tertiary/aromatic N) is 3. The van der Waals surface area contributed by atoms with Crippen LogP contribution in [-0.4, -0.2) is 29.9 Å².